The first-order valence-electron chi connectivity index (χ1n) is 6.36. The molecule has 18 heavy (non-hydrogen) atoms. The first-order valence-corrected chi connectivity index (χ1v) is 6.36. The van der Waals surface area contributed by atoms with E-state index < -0.39 is 0 Å². The van der Waals surface area contributed by atoms with Gasteiger partial charge in [0.2, 0.25) is 0 Å². The zero-order valence-corrected chi connectivity index (χ0v) is 10.9. The molecule has 0 aliphatic carbocycles. The van der Waals surface area contributed by atoms with E-state index in [9.17, 15) is 4.79 Å². The zero-order chi connectivity index (χ0) is 13.1. The number of rotatable bonds is 2. The van der Waals surface area contributed by atoms with Crippen LogP contribution in [0.3, 0.4) is 0 Å². The van der Waals surface area contributed by atoms with Crippen LogP contribution in [-0.2, 0) is 0 Å². The van der Waals surface area contributed by atoms with Crippen molar-refractivity contribution >= 4 is 11.7 Å². The average Bonchev–Trinajstić information content (AvgIpc) is 2.38. The monoisotopic (exact) mass is 248 g/mol. The van der Waals surface area contributed by atoms with Crippen LogP contribution in [0.2, 0.25) is 0 Å². The Labute approximate surface area is 107 Å². The molecule has 0 aromatic carbocycles. The molecule has 1 amide bonds. The minimum atomic E-state index is 0.00968. The molecule has 2 unspecified atom stereocenters. The first-order chi connectivity index (χ1) is 8.63. The lowest BCUT2D eigenvalue weighted by Crippen LogP contribution is -2.44. The summed E-state index contributed by atoms with van der Waals surface area (Å²) in [5.41, 5.74) is 3.02. The summed E-state index contributed by atoms with van der Waals surface area (Å²) in [7, 11) is 0. The summed E-state index contributed by atoms with van der Waals surface area (Å²) >= 11 is 0. The predicted molar refractivity (Wildman–Crippen MR) is 70.9 cm³/mol. The summed E-state index contributed by atoms with van der Waals surface area (Å²) in [4.78, 5) is 18.5. The molecule has 2 rings (SSSR count). The fraction of sp³-hybridized carbons (Fsp3) is 0.538. The van der Waals surface area contributed by atoms with Gasteiger partial charge in [-0.2, -0.15) is 0 Å². The second-order valence-corrected chi connectivity index (χ2v) is 5.02. The normalized spacial score (nSPS) is 23.8. The van der Waals surface area contributed by atoms with E-state index in [0.717, 1.165) is 19.4 Å². The second-order valence-electron chi connectivity index (χ2n) is 5.02. The highest BCUT2D eigenvalue weighted by molar-refractivity contribution is 5.98. The lowest BCUT2D eigenvalue weighted by Gasteiger charge is -2.36. The molecule has 98 valence electrons. The highest BCUT2D eigenvalue weighted by atomic mass is 16.2. The Hall–Kier alpha value is -1.62. The standard InChI is InChI=1S/C13H20N4O/c1-9-5-7-17(10(2)8-9)13(18)11-4-3-6-15-12(11)16-14/h3-4,6,9-10H,5,7-8,14H2,1-2H3,(H,15,16). The topological polar surface area (TPSA) is 71.2 Å². The van der Waals surface area contributed by atoms with E-state index in [4.69, 9.17) is 5.84 Å². The lowest BCUT2D eigenvalue weighted by atomic mass is 9.93. The number of carbonyl (C=O) groups is 1. The van der Waals surface area contributed by atoms with E-state index in [1.165, 1.54) is 0 Å². The maximum absolute atomic E-state index is 12.5. The van der Waals surface area contributed by atoms with Gasteiger partial charge in [-0.05, 0) is 37.8 Å². The van der Waals surface area contributed by atoms with Crippen molar-refractivity contribution in [2.45, 2.75) is 32.7 Å². The number of pyridine rings is 1. The van der Waals surface area contributed by atoms with Crippen LogP contribution in [0.4, 0.5) is 5.82 Å². The van der Waals surface area contributed by atoms with E-state index in [0.29, 0.717) is 17.3 Å². The molecule has 0 saturated carbocycles. The van der Waals surface area contributed by atoms with Crippen molar-refractivity contribution in [1.82, 2.24) is 9.88 Å². The Morgan fingerprint density at radius 3 is 3.00 bits per heavy atom. The van der Waals surface area contributed by atoms with Gasteiger partial charge in [0.15, 0.2) is 5.82 Å². The van der Waals surface area contributed by atoms with Gasteiger partial charge in [-0.25, -0.2) is 10.8 Å². The lowest BCUT2D eigenvalue weighted by molar-refractivity contribution is 0.0589. The third-order valence-electron chi connectivity index (χ3n) is 3.57. The number of hydrazine groups is 1. The Kier molecular flexibility index (Phi) is 3.81. The number of hydrogen-bond acceptors (Lipinski definition) is 4. The molecule has 0 spiro atoms. The minimum Gasteiger partial charge on any atom is -0.336 e. The number of carbonyl (C=O) groups excluding carboxylic acids is 1. The molecule has 2 atom stereocenters. The van der Waals surface area contributed by atoms with Crippen molar-refractivity contribution in [3.63, 3.8) is 0 Å². The van der Waals surface area contributed by atoms with Crippen molar-refractivity contribution in [2.24, 2.45) is 11.8 Å². The van der Waals surface area contributed by atoms with Crippen LogP contribution in [0.25, 0.3) is 0 Å². The summed E-state index contributed by atoms with van der Waals surface area (Å²) in [5, 5.41) is 0. The smallest absolute Gasteiger partial charge is 0.257 e. The van der Waals surface area contributed by atoms with Crippen LogP contribution in [0.15, 0.2) is 18.3 Å². The SMILES string of the molecule is CC1CCN(C(=O)c2cccnc2NN)C(C)C1. The third kappa shape index (κ3) is 2.46. The quantitative estimate of drug-likeness (QED) is 0.616. The molecule has 1 saturated heterocycles. The summed E-state index contributed by atoms with van der Waals surface area (Å²) in [6.07, 6.45) is 3.73. The average molecular weight is 248 g/mol. The summed E-state index contributed by atoms with van der Waals surface area (Å²) in [5.74, 6) is 6.52. The fourth-order valence-corrected chi connectivity index (χ4v) is 2.56. The molecule has 1 aromatic rings. The van der Waals surface area contributed by atoms with Gasteiger partial charge in [-0.1, -0.05) is 6.92 Å². The summed E-state index contributed by atoms with van der Waals surface area (Å²) in [6, 6.07) is 3.78. The number of aromatic nitrogens is 1. The molecule has 0 bridgehead atoms. The number of nitrogens with zero attached hydrogens (tertiary/aromatic N) is 2. The van der Waals surface area contributed by atoms with E-state index in [2.05, 4.69) is 24.3 Å². The van der Waals surface area contributed by atoms with Crippen molar-refractivity contribution in [3.8, 4) is 0 Å². The summed E-state index contributed by atoms with van der Waals surface area (Å²) < 4.78 is 0. The van der Waals surface area contributed by atoms with Crippen LogP contribution in [-0.4, -0.2) is 28.4 Å². The molecule has 1 aliphatic rings. The molecule has 5 nitrogen and oxygen atoms in total. The fourth-order valence-electron chi connectivity index (χ4n) is 2.56. The molecule has 1 aromatic heterocycles. The zero-order valence-electron chi connectivity index (χ0n) is 10.9. The van der Waals surface area contributed by atoms with E-state index in [1.54, 1.807) is 18.3 Å². The maximum atomic E-state index is 12.5. The van der Waals surface area contributed by atoms with Crippen molar-refractivity contribution in [3.05, 3.63) is 23.9 Å². The molecule has 3 N–H and O–H groups in total. The van der Waals surface area contributed by atoms with Crippen LogP contribution in [0.5, 0.6) is 0 Å². The number of likely N-dealkylation sites (tertiary alicyclic amines) is 1. The van der Waals surface area contributed by atoms with Gasteiger partial charge in [-0.15, -0.1) is 0 Å². The largest absolute Gasteiger partial charge is 0.336 e. The number of nitrogens with two attached hydrogens (primary N) is 1. The van der Waals surface area contributed by atoms with Crippen LogP contribution in [0.1, 0.15) is 37.0 Å². The van der Waals surface area contributed by atoms with E-state index >= 15 is 0 Å². The predicted octanol–water partition coefficient (Wildman–Crippen LogP) is 1.63. The van der Waals surface area contributed by atoms with Gasteiger partial charge < -0.3 is 10.3 Å². The molecule has 1 fully saturated rings. The third-order valence-corrected chi connectivity index (χ3v) is 3.57. The minimum absolute atomic E-state index is 0.00968. The van der Waals surface area contributed by atoms with Crippen LogP contribution >= 0.6 is 0 Å². The molecule has 5 heteroatoms. The number of nitrogen functional groups attached to an aromatic ring is 1. The van der Waals surface area contributed by atoms with E-state index in [-0.39, 0.29) is 11.9 Å². The van der Waals surface area contributed by atoms with Gasteiger partial charge in [0.1, 0.15) is 0 Å². The van der Waals surface area contributed by atoms with Crippen LogP contribution < -0.4 is 11.3 Å². The van der Waals surface area contributed by atoms with Gasteiger partial charge in [0, 0.05) is 18.8 Å². The number of amides is 1. The van der Waals surface area contributed by atoms with Crippen molar-refractivity contribution in [2.75, 3.05) is 12.0 Å². The van der Waals surface area contributed by atoms with Crippen molar-refractivity contribution in [1.29, 1.82) is 0 Å². The first kappa shape index (κ1) is 12.8. The second kappa shape index (κ2) is 5.35. The number of nitrogens with one attached hydrogen (secondary N) is 1. The number of hydrogen-bond donors (Lipinski definition) is 2. The molecule has 1 aliphatic heterocycles. The molecule has 0 radical (unpaired) electrons. The Balaban J connectivity index is 2.20. The van der Waals surface area contributed by atoms with Crippen molar-refractivity contribution < 1.29 is 4.79 Å². The highest BCUT2D eigenvalue weighted by Gasteiger charge is 2.28. The van der Waals surface area contributed by atoms with E-state index in [1.807, 2.05) is 4.90 Å². The van der Waals surface area contributed by atoms with Crippen LogP contribution in [0, 0.1) is 5.92 Å². The Morgan fingerprint density at radius 2 is 2.33 bits per heavy atom. The molecular weight excluding hydrogens is 228 g/mol. The number of anilines is 1. The van der Waals surface area contributed by atoms with Gasteiger partial charge in [-0.3, -0.25) is 4.79 Å². The maximum Gasteiger partial charge on any atom is 0.257 e. The number of piperidine rings is 1. The molecular formula is C13H20N4O. The Bertz CT molecular complexity index is 435. The highest BCUT2D eigenvalue weighted by Crippen LogP contribution is 2.25. The van der Waals surface area contributed by atoms with Gasteiger partial charge >= 0.3 is 0 Å². The Morgan fingerprint density at radius 1 is 1.56 bits per heavy atom. The summed E-state index contributed by atoms with van der Waals surface area (Å²) in [6.45, 7) is 5.13. The molecule has 2 heterocycles. The van der Waals surface area contributed by atoms with Gasteiger partial charge in [0.25, 0.3) is 5.91 Å². The van der Waals surface area contributed by atoms with Gasteiger partial charge in [0.05, 0.1) is 5.56 Å².